The largest absolute Gasteiger partial charge is 0.490 e. The number of hydrogen-bond donors (Lipinski definition) is 2. The Hall–Kier alpha value is -3.80. The molecule has 0 radical (unpaired) electrons. The Bertz CT molecular complexity index is 956. The number of ether oxygens (including phenoxy) is 2. The van der Waals surface area contributed by atoms with Crippen LogP contribution >= 0.6 is 0 Å². The van der Waals surface area contributed by atoms with Crippen LogP contribution in [0.2, 0.25) is 0 Å². The standard InChI is InChI=1S/C23H22N2O4/c1-17(26)24-19-6-5-7-20(16-19)25-23(27)18-10-12-22(13-11-18)29-15-14-28-21-8-3-2-4-9-21/h2-13,16H,14-15H2,1H3,(H,24,26)(H,25,27). The minimum Gasteiger partial charge on any atom is -0.490 e. The predicted molar refractivity (Wildman–Crippen MR) is 113 cm³/mol. The topological polar surface area (TPSA) is 76.7 Å². The molecule has 3 aromatic rings. The van der Waals surface area contributed by atoms with Crippen LogP contribution in [0.4, 0.5) is 11.4 Å². The van der Waals surface area contributed by atoms with Gasteiger partial charge in [0.2, 0.25) is 5.91 Å². The minimum absolute atomic E-state index is 0.168. The van der Waals surface area contributed by atoms with Crippen molar-refractivity contribution < 1.29 is 19.1 Å². The lowest BCUT2D eigenvalue weighted by molar-refractivity contribution is -0.114. The maximum Gasteiger partial charge on any atom is 0.255 e. The summed E-state index contributed by atoms with van der Waals surface area (Å²) in [6.07, 6.45) is 0. The molecule has 6 heteroatoms. The number of carbonyl (C=O) groups is 2. The van der Waals surface area contributed by atoms with Crippen molar-refractivity contribution in [1.82, 2.24) is 0 Å². The molecule has 6 nitrogen and oxygen atoms in total. The lowest BCUT2D eigenvalue weighted by atomic mass is 10.2. The van der Waals surface area contributed by atoms with Gasteiger partial charge in [0.25, 0.3) is 5.91 Å². The van der Waals surface area contributed by atoms with Crippen molar-refractivity contribution in [3.63, 3.8) is 0 Å². The number of amides is 2. The van der Waals surface area contributed by atoms with Gasteiger partial charge in [0.1, 0.15) is 24.7 Å². The van der Waals surface area contributed by atoms with Crippen LogP contribution < -0.4 is 20.1 Å². The monoisotopic (exact) mass is 390 g/mol. The average molecular weight is 390 g/mol. The van der Waals surface area contributed by atoms with Gasteiger partial charge in [-0.3, -0.25) is 9.59 Å². The quantitative estimate of drug-likeness (QED) is 0.561. The lowest BCUT2D eigenvalue weighted by Gasteiger charge is -2.10. The van der Waals surface area contributed by atoms with E-state index in [0.29, 0.717) is 35.9 Å². The van der Waals surface area contributed by atoms with Gasteiger partial charge in [0, 0.05) is 23.9 Å². The van der Waals surface area contributed by atoms with Crippen LogP contribution in [0.5, 0.6) is 11.5 Å². The Kier molecular flexibility index (Phi) is 6.84. The van der Waals surface area contributed by atoms with Crippen LogP contribution in [0, 0.1) is 0 Å². The molecule has 0 atom stereocenters. The van der Waals surface area contributed by atoms with E-state index in [1.165, 1.54) is 6.92 Å². The van der Waals surface area contributed by atoms with Crippen LogP contribution in [0.3, 0.4) is 0 Å². The molecule has 3 rings (SSSR count). The molecule has 3 aromatic carbocycles. The Morgan fingerprint density at radius 2 is 1.31 bits per heavy atom. The minimum atomic E-state index is -0.246. The summed E-state index contributed by atoms with van der Waals surface area (Å²) in [5.74, 6) is 1.04. The third-order valence-electron chi connectivity index (χ3n) is 3.92. The SMILES string of the molecule is CC(=O)Nc1cccc(NC(=O)c2ccc(OCCOc3ccccc3)cc2)c1. The highest BCUT2D eigenvalue weighted by Gasteiger charge is 2.07. The van der Waals surface area contributed by atoms with Crippen molar-refractivity contribution in [1.29, 1.82) is 0 Å². The number of rotatable bonds is 8. The summed E-state index contributed by atoms with van der Waals surface area (Å²) in [5.41, 5.74) is 1.72. The van der Waals surface area contributed by atoms with Crippen molar-refractivity contribution in [2.24, 2.45) is 0 Å². The molecule has 0 bridgehead atoms. The van der Waals surface area contributed by atoms with Crippen molar-refractivity contribution in [2.75, 3.05) is 23.8 Å². The predicted octanol–water partition coefficient (Wildman–Crippen LogP) is 4.36. The van der Waals surface area contributed by atoms with E-state index in [1.54, 1.807) is 48.5 Å². The molecule has 0 heterocycles. The van der Waals surface area contributed by atoms with Crippen LogP contribution in [-0.2, 0) is 4.79 Å². The molecular formula is C23H22N2O4. The van der Waals surface area contributed by atoms with Gasteiger partial charge < -0.3 is 20.1 Å². The molecule has 0 aliphatic rings. The molecule has 0 aliphatic heterocycles. The highest BCUT2D eigenvalue weighted by molar-refractivity contribution is 6.04. The number of anilines is 2. The molecule has 0 unspecified atom stereocenters. The fourth-order valence-corrected chi connectivity index (χ4v) is 2.62. The zero-order chi connectivity index (χ0) is 20.5. The Balaban J connectivity index is 1.49. The Morgan fingerprint density at radius 1 is 0.724 bits per heavy atom. The summed E-state index contributed by atoms with van der Waals surface area (Å²) in [6.45, 7) is 2.26. The highest BCUT2D eigenvalue weighted by Crippen LogP contribution is 2.18. The Morgan fingerprint density at radius 3 is 1.93 bits per heavy atom. The van der Waals surface area contributed by atoms with E-state index >= 15 is 0 Å². The van der Waals surface area contributed by atoms with Gasteiger partial charge >= 0.3 is 0 Å². The first kappa shape index (κ1) is 19.9. The van der Waals surface area contributed by atoms with E-state index in [4.69, 9.17) is 9.47 Å². The molecule has 2 amide bonds. The van der Waals surface area contributed by atoms with Crippen molar-refractivity contribution in [3.8, 4) is 11.5 Å². The number of hydrogen-bond acceptors (Lipinski definition) is 4. The number of nitrogens with one attached hydrogen (secondary N) is 2. The Labute approximate surface area is 169 Å². The summed E-state index contributed by atoms with van der Waals surface area (Å²) in [6, 6.07) is 23.4. The first-order chi connectivity index (χ1) is 14.1. The molecule has 0 spiro atoms. The van der Waals surface area contributed by atoms with E-state index in [0.717, 1.165) is 5.75 Å². The van der Waals surface area contributed by atoms with E-state index in [2.05, 4.69) is 10.6 Å². The zero-order valence-electron chi connectivity index (χ0n) is 16.1. The summed E-state index contributed by atoms with van der Waals surface area (Å²) >= 11 is 0. The summed E-state index contributed by atoms with van der Waals surface area (Å²) < 4.78 is 11.2. The normalized spacial score (nSPS) is 10.1. The molecule has 0 saturated heterocycles. The number of para-hydroxylation sites is 1. The van der Waals surface area contributed by atoms with Crippen LogP contribution in [-0.4, -0.2) is 25.0 Å². The van der Waals surface area contributed by atoms with E-state index in [1.807, 2.05) is 30.3 Å². The maximum absolute atomic E-state index is 12.4. The third-order valence-corrected chi connectivity index (χ3v) is 3.92. The van der Waals surface area contributed by atoms with Gasteiger partial charge in [-0.05, 0) is 54.6 Å². The van der Waals surface area contributed by atoms with Crippen molar-refractivity contribution in [3.05, 3.63) is 84.4 Å². The molecule has 29 heavy (non-hydrogen) atoms. The highest BCUT2D eigenvalue weighted by atomic mass is 16.5. The van der Waals surface area contributed by atoms with Crippen molar-refractivity contribution >= 4 is 23.2 Å². The first-order valence-corrected chi connectivity index (χ1v) is 9.20. The molecule has 2 N–H and O–H groups in total. The van der Waals surface area contributed by atoms with Crippen LogP contribution in [0.15, 0.2) is 78.9 Å². The zero-order valence-corrected chi connectivity index (χ0v) is 16.1. The first-order valence-electron chi connectivity index (χ1n) is 9.20. The van der Waals surface area contributed by atoms with Gasteiger partial charge in [-0.2, -0.15) is 0 Å². The lowest BCUT2D eigenvalue weighted by Crippen LogP contribution is -2.13. The molecule has 0 fully saturated rings. The summed E-state index contributed by atoms with van der Waals surface area (Å²) in [4.78, 5) is 23.6. The second-order valence-corrected chi connectivity index (χ2v) is 6.25. The van der Waals surface area contributed by atoms with Crippen LogP contribution in [0.25, 0.3) is 0 Å². The molecular weight excluding hydrogens is 368 g/mol. The van der Waals surface area contributed by atoms with Crippen LogP contribution in [0.1, 0.15) is 17.3 Å². The van der Waals surface area contributed by atoms with Gasteiger partial charge in [-0.15, -0.1) is 0 Å². The summed E-state index contributed by atoms with van der Waals surface area (Å²) in [7, 11) is 0. The number of carbonyl (C=O) groups excluding carboxylic acids is 2. The van der Waals surface area contributed by atoms with Gasteiger partial charge in [0.15, 0.2) is 0 Å². The average Bonchev–Trinajstić information content (AvgIpc) is 2.72. The number of benzene rings is 3. The maximum atomic E-state index is 12.4. The smallest absolute Gasteiger partial charge is 0.255 e. The second kappa shape index (κ2) is 9.94. The van der Waals surface area contributed by atoms with E-state index in [-0.39, 0.29) is 11.8 Å². The fraction of sp³-hybridized carbons (Fsp3) is 0.130. The molecule has 0 saturated carbocycles. The van der Waals surface area contributed by atoms with E-state index in [9.17, 15) is 9.59 Å². The molecule has 0 aliphatic carbocycles. The summed E-state index contributed by atoms with van der Waals surface area (Å²) in [5, 5.41) is 5.49. The van der Waals surface area contributed by atoms with E-state index < -0.39 is 0 Å². The van der Waals surface area contributed by atoms with Gasteiger partial charge in [0.05, 0.1) is 0 Å². The fourth-order valence-electron chi connectivity index (χ4n) is 2.62. The molecule has 148 valence electrons. The second-order valence-electron chi connectivity index (χ2n) is 6.25. The van der Waals surface area contributed by atoms with Crippen molar-refractivity contribution in [2.45, 2.75) is 6.92 Å². The van der Waals surface area contributed by atoms with Gasteiger partial charge in [-0.25, -0.2) is 0 Å². The third kappa shape index (κ3) is 6.39. The molecule has 0 aromatic heterocycles. The van der Waals surface area contributed by atoms with Gasteiger partial charge in [-0.1, -0.05) is 24.3 Å².